The Morgan fingerprint density at radius 2 is 2.07 bits per heavy atom. The summed E-state index contributed by atoms with van der Waals surface area (Å²) in [6.45, 7) is 3.41. The second kappa shape index (κ2) is 6.90. The number of nitrogens with zero attached hydrogens (tertiary/aromatic N) is 1. The fraction of sp³-hybridized carbons (Fsp3) is 0.174. The van der Waals surface area contributed by atoms with E-state index in [9.17, 15) is 9.18 Å². The molecule has 0 radical (unpaired) electrons. The molecule has 0 saturated carbocycles. The Balaban J connectivity index is 1.50. The third-order valence-electron chi connectivity index (χ3n) is 5.14. The van der Waals surface area contributed by atoms with Gasteiger partial charge in [0, 0.05) is 12.1 Å². The molecule has 29 heavy (non-hydrogen) atoms. The number of hydrogen-bond donors (Lipinski definition) is 0. The lowest BCUT2D eigenvalue weighted by molar-refractivity contribution is 0.0809. The van der Waals surface area contributed by atoms with Crippen molar-refractivity contribution in [3.63, 3.8) is 0 Å². The van der Waals surface area contributed by atoms with E-state index in [1.165, 1.54) is 12.1 Å². The van der Waals surface area contributed by atoms with Crippen molar-refractivity contribution in [1.29, 1.82) is 0 Å². The quantitative estimate of drug-likeness (QED) is 0.606. The standard InChI is InChI=1S/C23H18FNO4/c1-14-9-19-17(12-25(13-28-19)11-16-6-4-8-27-16)23-21(14)22(26)20(29-23)10-15-5-2-3-7-18(15)24/h2-10H,11-13H2,1H3/b20-10-. The van der Waals surface area contributed by atoms with Gasteiger partial charge in [-0.1, -0.05) is 18.2 Å². The van der Waals surface area contributed by atoms with E-state index in [-0.39, 0.29) is 11.5 Å². The minimum atomic E-state index is -0.404. The molecule has 0 fully saturated rings. The molecule has 3 heterocycles. The maximum Gasteiger partial charge on any atom is 0.232 e. The van der Waals surface area contributed by atoms with Crippen molar-refractivity contribution in [2.75, 3.05) is 6.73 Å². The molecule has 2 aliphatic rings. The molecule has 0 amide bonds. The highest BCUT2D eigenvalue weighted by molar-refractivity contribution is 6.15. The predicted molar refractivity (Wildman–Crippen MR) is 104 cm³/mol. The van der Waals surface area contributed by atoms with E-state index in [0.29, 0.717) is 42.4 Å². The Morgan fingerprint density at radius 1 is 1.21 bits per heavy atom. The topological polar surface area (TPSA) is 51.9 Å². The zero-order valence-electron chi connectivity index (χ0n) is 15.8. The van der Waals surface area contributed by atoms with Crippen LogP contribution in [0.15, 0.2) is 58.9 Å². The number of benzene rings is 2. The summed E-state index contributed by atoms with van der Waals surface area (Å²) in [5, 5.41) is 0. The summed E-state index contributed by atoms with van der Waals surface area (Å²) >= 11 is 0. The summed E-state index contributed by atoms with van der Waals surface area (Å²) in [7, 11) is 0. The molecule has 5 rings (SSSR count). The van der Waals surface area contributed by atoms with E-state index in [1.54, 1.807) is 24.5 Å². The number of rotatable bonds is 3. The van der Waals surface area contributed by atoms with Crippen LogP contribution in [-0.4, -0.2) is 17.4 Å². The molecule has 5 nitrogen and oxygen atoms in total. The van der Waals surface area contributed by atoms with Crippen LogP contribution < -0.4 is 9.47 Å². The number of carbonyl (C=O) groups is 1. The van der Waals surface area contributed by atoms with Crippen LogP contribution >= 0.6 is 0 Å². The number of aryl methyl sites for hydroxylation is 1. The van der Waals surface area contributed by atoms with Crippen LogP contribution in [0.4, 0.5) is 4.39 Å². The van der Waals surface area contributed by atoms with Crippen molar-refractivity contribution in [1.82, 2.24) is 4.90 Å². The smallest absolute Gasteiger partial charge is 0.232 e. The Kier molecular flexibility index (Phi) is 4.21. The molecule has 0 saturated heterocycles. The molecule has 1 aromatic heterocycles. The normalized spacial score (nSPS) is 17.0. The Labute approximate surface area is 167 Å². The molecular weight excluding hydrogens is 373 g/mol. The first-order valence-electron chi connectivity index (χ1n) is 9.33. The molecule has 0 bridgehead atoms. The fourth-order valence-electron chi connectivity index (χ4n) is 3.73. The summed E-state index contributed by atoms with van der Waals surface area (Å²) in [6, 6.07) is 11.9. The molecular formula is C23H18FNO4. The van der Waals surface area contributed by atoms with Gasteiger partial charge in [0.05, 0.1) is 23.9 Å². The van der Waals surface area contributed by atoms with Gasteiger partial charge in [0.2, 0.25) is 5.78 Å². The van der Waals surface area contributed by atoms with Gasteiger partial charge in [0.15, 0.2) is 5.76 Å². The number of halogens is 1. The van der Waals surface area contributed by atoms with Crippen molar-refractivity contribution >= 4 is 11.9 Å². The van der Waals surface area contributed by atoms with Crippen LogP contribution in [0.3, 0.4) is 0 Å². The maximum atomic E-state index is 14.0. The molecule has 146 valence electrons. The van der Waals surface area contributed by atoms with Crippen molar-refractivity contribution in [3.05, 3.63) is 88.3 Å². The summed E-state index contributed by atoms with van der Waals surface area (Å²) in [6.07, 6.45) is 3.09. The summed E-state index contributed by atoms with van der Waals surface area (Å²) in [4.78, 5) is 15.0. The molecule has 0 atom stereocenters. The van der Waals surface area contributed by atoms with Gasteiger partial charge in [-0.15, -0.1) is 0 Å². The zero-order chi connectivity index (χ0) is 20.0. The second-order valence-electron chi connectivity index (χ2n) is 7.18. The van der Waals surface area contributed by atoms with Crippen LogP contribution in [0.5, 0.6) is 11.5 Å². The van der Waals surface area contributed by atoms with Crippen molar-refractivity contribution < 1.29 is 23.1 Å². The van der Waals surface area contributed by atoms with Gasteiger partial charge >= 0.3 is 0 Å². The van der Waals surface area contributed by atoms with Crippen LogP contribution in [0.1, 0.15) is 32.8 Å². The molecule has 2 aliphatic heterocycles. The molecule has 3 aromatic rings. The van der Waals surface area contributed by atoms with E-state index in [4.69, 9.17) is 13.9 Å². The van der Waals surface area contributed by atoms with Crippen LogP contribution in [0, 0.1) is 12.7 Å². The third kappa shape index (κ3) is 3.11. The monoisotopic (exact) mass is 391 g/mol. The first-order chi connectivity index (χ1) is 14.1. The summed E-state index contributed by atoms with van der Waals surface area (Å²) in [5.41, 5.74) is 2.41. The minimum absolute atomic E-state index is 0.116. The molecule has 6 heteroatoms. The average molecular weight is 391 g/mol. The first kappa shape index (κ1) is 17.7. The molecule has 2 aromatic carbocycles. The number of ketones is 1. The van der Waals surface area contributed by atoms with Gasteiger partial charge < -0.3 is 13.9 Å². The SMILES string of the molecule is Cc1cc2c(c3c1C(=O)/C(=C/c1ccccc1F)O3)CN(Cc1ccco1)CO2. The van der Waals surface area contributed by atoms with Crippen molar-refractivity contribution in [2.24, 2.45) is 0 Å². The van der Waals surface area contributed by atoms with E-state index in [0.717, 1.165) is 16.9 Å². The number of Topliss-reactive ketones (excluding diaryl/α,β-unsaturated/α-hetero) is 1. The largest absolute Gasteiger partial charge is 0.478 e. The highest BCUT2D eigenvalue weighted by Crippen LogP contribution is 2.44. The summed E-state index contributed by atoms with van der Waals surface area (Å²) in [5.74, 6) is 1.50. The number of allylic oxidation sites excluding steroid dienone is 1. The summed E-state index contributed by atoms with van der Waals surface area (Å²) < 4.78 is 31.3. The molecule has 0 spiro atoms. The van der Waals surface area contributed by atoms with Crippen LogP contribution in [0.25, 0.3) is 6.08 Å². The van der Waals surface area contributed by atoms with Gasteiger partial charge in [-0.3, -0.25) is 9.69 Å². The van der Waals surface area contributed by atoms with Crippen LogP contribution in [0.2, 0.25) is 0 Å². The Bertz CT molecular complexity index is 1130. The third-order valence-corrected chi connectivity index (χ3v) is 5.14. The van der Waals surface area contributed by atoms with Gasteiger partial charge in [0.1, 0.15) is 29.8 Å². The predicted octanol–water partition coefficient (Wildman–Crippen LogP) is 4.70. The lowest BCUT2D eigenvalue weighted by Crippen LogP contribution is -2.31. The number of hydrogen-bond acceptors (Lipinski definition) is 5. The van der Waals surface area contributed by atoms with Gasteiger partial charge in [-0.2, -0.15) is 0 Å². The van der Waals surface area contributed by atoms with Gasteiger partial charge in [-0.05, 0) is 42.8 Å². The number of ether oxygens (including phenoxy) is 2. The van der Waals surface area contributed by atoms with E-state index >= 15 is 0 Å². The Hall–Kier alpha value is -3.38. The second-order valence-corrected chi connectivity index (χ2v) is 7.18. The number of furan rings is 1. The highest BCUT2D eigenvalue weighted by Gasteiger charge is 2.35. The highest BCUT2D eigenvalue weighted by atomic mass is 19.1. The molecule has 0 aliphatic carbocycles. The van der Waals surface area contributed by atoms with E-state index in [1.807, 2.05) is 25.1 Å². The fourth-order valence-corrected chi connectivity index (χ4v) is 3.73. The van der Waals surface area contributed by atoms with Crippen molar-refractivity contribution in [2.45, 2.75) is 20.0 Å². The van der Waals surface area contributed by atoms with Gasteiger partial charge in [-0.25, -0.2) is 4.39 Å². The Morgan fingerprint density at radius 3 is 2.86 bits per heavy atom. The van der Waals surface area contributed by atoms with Crippen molar-refractivity contribution in [3.8, 4) is 11.5 Å². The zero-order valence-corrected chi connectivity index (χ0v) is 15.8. The lowest BCUT2D eigenvalue weighted by atomic mass is 9.98. The van der Waals surface area contributed by atoms with Gasteiger partial charge in [0.25, 0.3) is 0 Å². The number of fused-ring (bicyclic) bond motifs is 3. The molecule has 0 unspecified atom stereocenters. The minimum Gasteiger partial charge on any atom is -0.478 e. The van der Waals surface area contributed by atoms with E-state index in [2.05, 4.69) is 4.90 Å². The lowest BCUT2D eigenvalue weighted by Gasteiger charge is -2.29. The average Bonchev–Trinajstić information content (AvgIpc) is 3.33. The van der Waals surface area contributed by atoms with E-state index < -0.39 is 5.82 Å². The first-order valence-corrected chi connectivity index (χ1v) is 9.33. The van der Waals surface area contributed by atoms with Crippen LogP contribution in [-0.2, 0) is 13.1 Å². The maximum absolute atomic E-state index is 14.0. The number of carbonyl (C=O) groups excluding carboxylic acids is 1. The molecule has 0 N–H and O–H groups in total.